The molecule has 1 saturated carbocycles. The molecule has 26 heavy (non-hydrogen) atoms. The van der Waals surface area contributed by atoms with Gasteiger partial charge in [0.2, 0.25) is 5.91 Å². The smallest absolute Gasteiger partial charge is 0.253 e. The van der Waals surface area contributed by atoms with Crippen molar-refractivity contribution in [3.05, 3.63) is 41.0 Å². The van der Waals surface area contributed by atoms with Crippen LogP contribution in [0.25, 0.3) is 0 Å². The number of aliphatic hydroxyl groups is 1. The first kappa shape index (κ1) is 18.2. The van der Waals surface area contributed by atoms with E-state index in [4.69, 9.17) is 0 Å². The summed E-state index contributed by atoms with van der Waals surface area (Å²) in [7, 11) is 0. The van der Waals surface area contributed by atoms with Crippen molar-refractivity contribution in [3.63, 3.8) is 0 Å². The van der Waals surface area contributed by atoms with E-state index < -0.39 is 6.10 Å². The van der Waals surface area contributed by atoms with Gasteiger partial charge >= 0.3 is 0 Å². The molecular weight excluding hydrogens is 334 g/mol. The van der Waals surface area contributed by atoms with Crippen molar-refractivity contribution >= 4 is 11.8 Å². The average Bonchev–Trinajstić information content (AvgIpc) is 3.25. The number of aromatic nitrogens is 3. The highest BCUT2D eigenvalue weighted by Crippen LogP contribution is 2.25. The number of H-pyrrole nitrogens is 2. The van der Waals surface area contributed by atoms with Gasteiger partial charge in [-0.3, -0.25) is 14.7 Å². The van der Waals surface area contributed by atoms with E-state index in [-0.39, 0.29) is 23.8 Å². The lowest BCUT2D eigenvalue weighted by Crippen LogP contribution is -2.49. The summed E-state index contributed by atoms with van der Waals surface area (Å²) in [5, 5.41) is 23.2. The Labute approximate surface area is 151 Å². The van der Waals surface area contributed by atoms with E-state index in [0.29, 0.717) is 31.4 Å². The van der Waals surface area contributed by atoms with Crippen molar-refractivity contribution in [1.29, 1.82) is 0 Å². The molecule has 5 N–H and O–H groups in total. The molecule has 0 radical (unpaired) electrons. The standard InChI is InChI=1S/C18H25N5O3/c1-10-14(11(2)23-22-10)9-20-17(25)12-3-4-15(16(24)7-12)21-18(26)13-5-6-19-8-13/h5-6,8,12,15-16,19,24H,3-4,7,9H2,1-2H3,(H,20,25)(H,21,26)(H,22,23)/t12-,15+,16+/m0/s1. The average molecular weight is 359 g/mol. The SMILES string of the molecule is Cc1n[nH]c(C)c1CNC(=O)[C@H]1CC[C@@H](NC(=O)c2cc[nH]c2)[C@H](O)C1. The van der Waals surface area contributed by atoms with Crippen LogP contribution in [0.2, 0.25) is 0 Å². The highest BCUT2D eigenvalue weighted by atomic mass is 16.3. The maximum atomic E-state index is 12.4. The van der Waals surface area contributed by atoms with Gasteiger partial charge in [-0.05, 0) is 39.2 Å². The Kier molecular flexibility index (Phi) is 5.41. The number of rotatable bonds is 5. The lowest BCUT2D eigenvalue weighted by atomic mass is 9.83. The molecule has 3 atom stereocenters. The predicted octanol–water partition coefficient (Wildman–Crippen LogP) is 0.930. The number of nitrogens with zero attached hydrogens (tertiary/aromatic N) is 1. The lowest BCUT2D eigenvalue weighted by molar-refractivity contribution is -0.127. The number of carbonyl (C=O) groups excluding carboxylic acids is 2. The van der Waals surface area contributed by atoms with Crippen LogP contribution in [0.4, 0.5) is 0 Å². The third kappa shape index (κ3) is 3.96. The summed E-state index contributed by atoms with van der Waals surface area (Å²) in [4.78, 5) is 27.4. The van der Waals surface area contributed by atoms with Crippen LogP contribution in [-0.2, 0) is 11.3 Å². The Morgan fingerprint density at radius 3 is 2.77 bits per heavy atom. The molecule has 140 valence electrons. The number of aromatic amines is 2. The van der Waals surface area contributed by atoms with Crippen molar-refractivity contribution < 1.29 is 14.7 Å². The van der Waals surface area contributed by atoms with Gasteiger partial charge in [0.05, 0.1) is 23.4 Å². The molecule has 0 spiro atoms. The molecule has 8 heteroatoms. The zero-order valence-corrected chi connectivity index (χ0v) is 15.0. The van der Waals surface area contributed by atoms with Gasteiger partial charge in [0.25, 0.3) is 5.91 Å². The Morgan fingerprint density at radius 2 is 2.15 bits per heavy atom. The van der Waals surface area contributed by atoms with Gasteiger partial charge in [-0.1, -0.05) is 0 Å². The Hall–Kier alpha value is -2.61. The quantitative estimate of drug-likeness (QED) is 0.545. The largest absolute Gasteiger partial charge is 0.391 e. The molecular formula is C18H25N5O3. The predicted molar refractivity (Wildman–Crippen MR) is 95.3 cm³/mol. The number of aryl methyl sites for hydroxylation is 2. The molecule has 1 fully saturated rings. The summed E-state index contributed by atoms with van der Waals surface area (Å²) in [5.74, 6) is -0.540. The fourth-order valence-electron chi connectivity index (χ4n) is 3.42. The van der Waals surface area contributed by atoms with Gasteiger partial charge < -0.3 is 20.7 Å². The van der Waals surface area contributed by atoms with Crippen LogP contribution in [0.3, 0.4) is 0 Å². The Bertz CT molecular complexity index is 748. The maximum absolute atomic E-state index is 12.4. The third-order valence-corrected chi connectivity index (χ3v) is 5.08. The Morgan fingerprint density at radius 1 is 1.35 bits per heavy atom. The summed E-state index contributed by atoms with van der Waals surface area (Å²) < 4.78 is 0. The molecule has 0 aromatic carbocycles. The topological polar surface area (TPSA) is 123 Å². The van der Waals surface area contributed by atoms with E-state index in [2.05, 4.69) is 25.8 Å². The molecule has 8 nitrogen and oxygen atoms in total. The molecule has 0 bridgehead atoms. The van der Waals surface area contributed by atoms with E-state index in [1.807, 2.05) is 13.8 Å². The number of amides is 2. The van der Waals surface area contributed by atoms with Gasteiger partial charge in [0.15, 0.2) is 0 Å². The maximum Gasteiger partial charge on any atom is 0.253 e. The molecule has 1 aliphatic carbocycles. The number of hydrogen-bond acceptors (Lipinski definition) is 4. The highest BCUT2D eigenvalue weighted by Gasteiger charge is 2.33. The van der Waals surface area contributed by atoms with Crippen molar-refractivity contribution in [2.45, 2.75) is 51.8 Å². The first-order valence-corrected chi connectivity index (χ1v) is 8.85. The number of carbonyl (C=O) groups is 2. The molecule has 1 aliphatic rings. The van der Waals surface area contributed by atoms with Gasteiger partial charge in [-0.25, -0.2) is 0 Å². The van der Waals surface area contributed by atoms with Gasteiger partial charge in [0.1, 0.15) is 0 Å². The first-order chi connectivity index (χ1) is 12.5. The lowest BCUT2D eigenvalue weighted by Gasteiger charge is -2.32. The second kappa shape index (κ2) is 7.74. The zero-order chi connectivity index (χ0) is 18.7. The summed E-state index contributed by atoms with van der Waals surface area (Å²) in [6.45, 7) is 4.24. The number of hydrogen-bond donors (Lipinski definition) is 5. The van der Waals surface area contributed by atoms with E-state index in [1.165, 1.54) is 0 Å². The molecule has 0 unspecified atom stereocenters. The second-order valence-corrected chi connectivity index (χ2v) is 6.89. The molecule has 0 aliphatic heterocycles. The zero-order valence-electron chi connectivity index (χ0n) is 15.0. The van der Waals surface area contributed by atoms with Crippen LogP contribution in [0.15, 0.2) is 18.5 Å². The van der Waals surface area contributed by atoms with Gasteiger partial charge in [-0.2, -0.15) is 5.10 Å². The molecule has 3 rings (SSSR count). The van der Waals surface area contributed by atoms with Crippen molar-refractivity contribution in [1.82, 2.24) is 25.8 Å². The monoisotopic (exact) mass is 359 g/mol. The summed E-state index contributed by atoms with van der Waals surface area (Å²) >= 11 is 0. The van der Waals surface area contributed by atoms with E-state index in [1.54, 1.807) is 18.5 Å². The van der Waals surface area contributed by atoms with Crippen LogP contribution in [0.1, 0.15) is 46.6 Å². The molecule has 2 amide bonds. The van der Waals surface area contributed by atoms with E-state index in [9.17, 15) is 14.7 Å². The first-order valence-electron chi connectivity index (χ1n) is 8.85. The third-order valence-electron chi connectivity index (χ3n) is 5.08. The molecule has 2 aromatic heterocycles. The van der Waals surface area contributed by atoms with Crippen LogP contribution in [0, 0.1) is 19.8 Å². The molecule has 0 saturated heterocycles. The van der Waals surface area contributed by atoms with Crippen molar-refractivity contribution in [2.24, 2.45) is 5.92 Å². The van der Waals surface area contributed by atoms with Crippen molar-refractivity contribution in [3.8, 4) is 0 Å². The summed E-state index contributed by atoms with van der Waals surface area (Å²) in [6, 6.07) is 1.35. The fourth-order valence-corrected chi connectivity index (χ4v) is 3.42. The van der Waals surface area contributed by atoms with Crippen LogP contribution < -0.4 is 10.6 Å². The van der Waals surface area contributed by atoms with Gasteiger partial charge in [0, 0.05) is 36.1 Å². The van der Waals surface area contributed by atoms with Crippen molar-refractivity contribution in [2.75, 3.05) is 0 Å². The Balaban J connectivity index is 1.50. The summed E-state index contributed by atoms with van der Waals surface area (Å²) in [5.41, 5.74) is 3.34. The number of nitrogens with one attached hydrogen (secondary N) is 4. The van der Waals surface area contributed by atoms with E-state index in [0.717, 1.165) is 17.0 Å². The molecule has 2 aromatic rings. The summed E-state index contributed by atoms with van der Waals surface area (Å²) in [6.07, 6.45) is 4.09. The number of aliphatic hydroxyl groups excluding tert-OH is 1. The minimum absolute atomic E-state index is 0.0699. The fraction of sp³-hybridized carbons (Fsp3) is 0.500. The minimum atomic E-state index is -0.736. The van der Waals surface area contributed by atoms with Gasteiger partial charge in [-0.15, -0.1) is 0 Å². The molecule has 2 heterocycles. The van der Waals surface area contributed by atoms with Crippen LogP contribution in [0.5, 0.6) is 0 Å². The van der Waals surface area contributed by atoms with E-state index >= 15 is 0 Å². The second-order valence-electron chi connectivity index (χ2n) is 6.89. The van der Waals surface area contributed by atoms with Crippen LogP contribution in [-0.4, -0.2) is 44.2 Å². The highest BCUT2D eigenvalue weighted by molar-refractivity contribution is 5.94. The van der Waals surface area contributed by atoms with Crippen LogP contribution >= 0.6 is 0 Å². The minimum Gasteiger partial charge on any atom is -0.391 e. The normalized spacial score (nSPS) is 22.8.